The van der Waals surface area contributed by atoms with Gasteiger partial charge < -0.3 is 0 Å². The monoisotopic (exact) mass is 308 g/mol. The van der Waals surface area contributed by atoms with Crippen LogP contribution in [0.2, 0.25) is 0 Å². The van der Waals surface area contributed by atoms with Crippen molar-refractivity contribution in [1.82, 2.24) is 9.88 Å². The zero-order chi connectivity index (χ0) is 14.9. The molecule has 0 bridgehead atoms. The van der Waals surface area contributed by atoms with Crippen LogP contribution in [0.4, 0.5) is 0 Å². The van der Waals surface area contributed by atoms with Gasteiger partial charge in [-0.3, -0.25) is 4.90 Å². The molecule has 112 valence electrons. The van der Waals surface area contributed by atoms with Crippen LogP contribution in [-0.2, 0) is 13.0 Å². The van der Waals surface area contributed by atoms with Crippen molar-refractivity contribution in [1.29, 1.82) is 0 Å². The number of rotatable bonds is 3. The van der Waals surface area contributed by atoms with Crippen LogP contribution in [0.1, 0.15) is 35.0 Å². The zero-order valence-corrected chi connectivity index (χ0v) is 13.6. The summed E-state index contributed by atoms with van der Waals surface area (Å²) >= 11 is 1.82. The highest BCUT2D eigenvalue weighted by Crippen LogP contribution is 2.34. The molecule has 1 heterocycles. The summed E-state index contributed by atoms with van der Waals surface area (Å²) in [5.74, 6) is 0. The molecule has 0 saturated heterocycles. The standard InChI is InChI=1S/C19H20N2S/c1-21(13-19-20-16-10-4-5-12-18(16)22-19)17-11-6-8-14-7-2-3-9-15(14)17/h2-5,7,9-10,12,17H,6,8,11,13H2,1H3/t17-/m1/s1. The summed E-state index contributed by atoms with van der Waals surface area (Å²) in [6.45, 7) is 0.929. The molecule has 1 aliphatic carbocycles. The maximum absolute atomic E-state index is 4.78. The Balaban J connectivity index is 1.58. The van der Waals surface area contributed by atoms with Crippen molar-refractivity contribution in [3.63, 3.8) is 0 Å². The van der Waals surface area contributed by atoms with Crippen molar-refractivity contribution in [3.05, 3.63) is 64.7 Å². The van der Waals surface area contributed by atoms with Crippen LogP contribution in [0.3, 0.4) is 0 Å². The lowest BCUT2D eigenvalue weighted by Crippen LogP contribution is -2.27. The predicted molar refractivity (Wildman–Crippen MR) is 93.2 cm³/mol. The molecule has 3 aromatic rings. The summed E-state index contributed by atoms with van der Waals surface area (Å²) in [6, 6.07) is 17.9. The Labute approximate surface area is 135 Å². The van der Waals surface area contributed by atoms with Crippen LogP contribution in [-0.4, -0.2) is 16.9 Å². The molecule has 0 aliphatic heterocycles. The summed E-state index contributed by atoms with van der Waals surface area (Å²) in [5, 5.41) is 1.21. The molecule has 22 heavy (non-hydrogen) atoms. The number of benzene rings is 2. The van der Waals surface area contributed by atoms with Crippen molar-refractivity contribution < 1.29 is 0 Å². The quantitative estimate of drug-likeness (QED) is 0.690. The van der Waals surface area contributed by atoms with E-state index in [1.165, 1.54) is 40.1 Å². The lowest BCUT2D eigenvalue weighted by molar-refractivity contribution is 0.213. The second kappa shape index (κ2) is 5.82. The van der Waals surface area contributed by atoms with E-state index < -0.39 is 0 Å². The van der Waals surface area contributed by atoms with E-state index in [1.807, 2.05) is 11.3 Å². The molecule has 0 fully saturated rings. The topological polar surface area (TPSA) is 16.1 Å². The van der Waals surface area contributed by atoms with Gasteiger partial charge in [0.25, 0.3) is 0 Å². The zero-order valence-electron chi connectivity index (χ0n) is 12.8. The number of aromatic nitrogens is 1. The van der Waals surface area contributed by atoms with Gasteiger partial charge in [-0.05, 0) is 49.6 Å². The average molecular weight is 308 g/mol. The summed E-state index contributed by atoms with van der Waals surface area (Å²) < 4.78 is 1.29. The molecule has 2 nitrogen and oxygen atoms in total. The number of hydrogen-bond acceptors (Lipinski definition) is 3. The third kappa shape index (κ3) is 2.55. The van der Waals surface area contributed by atoms with E-state index in [0.29, 0.717) is 6.04 Å². The van der Waals surface area contributed by atoms with Gasteiger partial charge >= 0.3 is 0 Å². The SMILES string of the molecule is CN(Cc1nc2ccccc2s1)[C@@H]1CCCc2ccccc21. The molecule has 1 aliphatic rings. The first kappa shape index (κ1) is 13.9. The first-order valence-corrected chi connectivity index (χ1v) is 8.75. The van der Waals surface area contributed by atoms with E-state index in [2.05, 4.69) is 60.5 Å². The molecule has 1 atom stereocenters. The molecule has 1 aromatic heterocycles. The third-order valence-corrected chi connectivity index (χ3v) is 5.61. The largest absolute Gasteiger partial charge is 0.293 e. The molecule has 0 unspecified atom stereocenters. The smallest absolute Gasteiger partial charge is 0.108 e. The van der Waals surface area contributed by atoms with Gasteiger partial charge in [-0.15, -0.1) is 11.3 Å². The number of fused-ring (bicyclic) bond motifs is 2. The van der Waals surface area contributed by atoms with Gasteiger partial charge in [0.15, 0.2) is 0 Å². The summed E-state index contributed by atoms with van der Waals surface area (Å²) in [6.07, 6.45) is 3.76. The number of nitrogens with zero attached hydrogens (tertiary/aromatic N) is 2. The number of hydrogen-bond donors (Lipinski definition) is 0. The maximum atomic E-state index is 4.78. The van der Waals surface area contributed by atoms with Crippen molar-refractivity contribution in [2.24, 2.45) is 0 Å². The van der Waals surface area contributed by atoms with Crippen molar-refractivity contribution in [2.45, 2.75) is 31.8 Å². The number of aryl methyl sites for hydroxylation is 1. The van der Waals surface area contributed by atoms with E-state index in [1.54, 1.807) is 0 Å². The van der Waals surface area contributed by atoms with E-state index in [9.17, 15) is 0 Å². The van der Waals surface area contributed by atoms with Gasteiger partial charge in [-0.1, -0.05) is 36.4 Å². The van der Waals surface area contributed by atoms with Crippen LogP contribution >= 0.6 is 11.3 Å². The van der Waals surface area contributed by atoms with Crippen molar-refractivity contribution >= 4 is 21.6 Å². The van der Waals surface area contributed by atoms with Gasteiger partial charge in [0.1, 0.15) is 5.01 Å². The molecule has 3 heteroatoms. The average Bonchev–Trinajstić information content (AvgIpc) is 2.96. The third-order valence-electron chi connectivity index (χ3n) is 4.59. The Morgan fingerprint density at radius 3 is 2.86 bits per heavy atom. The fourth-order valence-corrected chi connectivity index (χ4v) is 4.53. The number of para-hydroxylation sites is 1. The van der Waals surface area contributed by atoms with Crippen LogP contribution in [0.5, 0.6) is 0 Å². The Hall–Kier alpha value is -1.71. The highest BCUT2D eigenvalue weighted by Gasteiger charge is 2.23. The molecule has 0 spiro atoms. The lowest BCUT2D eigenvalue weighted by Gasteiger charge is -2.32. The minimum absolute atomic E-state index is 0.525. The fourth-order valence-electron chi connectivity index (χ4n) is 3.50. The van der Waals surface area contributed by atoms with E-state index >= 15 is 0 Å². The van der Waals surface area contributed by atoms with E-state index in [4.69, 9.17) is 4.98 Å². The Morgan fingerprint density at radius 1 is 1.14 bits per heavy atom. The molecule has 0 N–H and O–H groups in total. The lowest BCUT2D eigenvalue weighted by atomic mass is 9.87. The minimum atomic E-state index is 0.525. The maximum Gasteiger partial charge on any atom is 0.108 e. The Bertz CT molecular complexity index is 760. The second-order valence-electron chi connectivity index (χ2n) is 6.10. The molecular formula is C19H20N2S. The minimum Gasteiger partial charge on any atom is -0.293 e. The van der Waals surface area contributed by atoms with Gasteiger partial charge in [-0.2, -0.15) is 0 Å². The molecule has 0 saturated carbocycles. The van der Waals surface area contributed by atoms with E-state index in [-0.39, 0.29) is 0 Å². The summed E-state index contributed by atoms with van der Waals surface area (Å²) in [5.41, 5.74) is 4.16. The first-order chi connectivity index (χ1) is 10.8. The highest BCUT2D eigenvalue weighted by atomic mass is 32.1. The normalized spacial score (nSPS) is 17.8. The predicted octanol–water partition coefficient (Wildman–Crippen LogP) is 4.81. The van der Waals surface area contributed by atoms with Crippen LogP contribution in [0, 0.1) is 0 Å². The van der Waals surface area contributed by atoms with Gasteiger partial charge in [0.05, 0.1) is 16.8 Å². The van der Waals surface area contributed by atoms with E-state index in [0.717, 1.165) is 12.1 Å². The van der Waals surface area contributed by atoms with Crippen molar-refractivity contribution in [3.8, 4) is 0 Å². The van der Waals surface area contributed by atoms with Crippen molar-refractivity contribution in [2.75, 3.05) is 7.05 Å². The van der Waals surface area contributed by atoms with Gasteiger partial charge in [-0.25, -0.2) is 4.98 Å². The molecule has 0 amide bonds. The van der Waals surface area contributed by atoms with Gasteiger partial charge in [0, 0.05) is 6.04 Å². The summed E-state index contributed by atoms with van der Waals surface area (Å²) in [4.78, 5) is 7.25. The Kier molecular flexibility index (Phi) is 3.68. The second-order valence-corrected chi connectivity index (χ2v) is 7.21. The Morgan fingerprint density at radius 2 is 1.95 bits per heavy atom. The molecule has 2 aromatic carbocycles. The highest BCUT2D eigenvalue weighted by molar-refractivity contribution is 7.18. The summed E-state index contributed by atoms with van der Waals surface area (Å²) in [7, 11) is 2.23. The van der Waals surface area contributed by atoms with Crippen LogP contribution < -0.4 is 0 Å². The van der Waals surface area contributed by atoms with Crippen LogP contribution in [0.25, 0.3) is 10.2 Å². The fraction of sp³-hybridized carbons (Fsp3) is 0.316. The van der Waals surface area contributed by atoms with Gasteiger partial charge in [0.2, 0.25) is 0 Å². The first-order valence-electron chi connectivity index (χ1n) is 7.94. The molecule has 0 radical (unpaired) electrons. The number of thiazole rings is 1. The molecular weight excluding hydrogens is 288 g/mol. The molecule has 4 rings (SSSR count). The van der Waals surface area contributed by atoms with Crippen LogP contribution in [0.15, 0.2) is 48.5 Å².